The van der Waals surface area contributed by atoms with E-state index in [4.69, 9.17) is 0 Å². The molecule has 0 amide bonds. The van der Waals surface area contributed by atoms with Crippen molar-refractivity contribution in [2.75, 3.05) is 14.7 Å². The van der Waals surface area contributed by atoms with Crippen molar-refractivity contribution in [1.29, 1.82) is 0 Å². The van der Waals surface area contributed by atoms with Gasteiger partial charge >= 0.3 is 0 Å². The van der Waals surface area contributed by atoms with Crippen LogP contribution in [0.25, 0.3) is 27.8 Å². The first-order valence-electron chi connectivity index (χ1n) is 27.6. The third-order valence-corrected chi connectivity index (χ3v) is 18.3. The quantitative estimate of drug-likeness (QED) is 0.158. The van der Waals surface area contributed by atoms with Crippen molar-refractivity contribution in [2.45, 2.75) is 96.3 Å². The molecule has 5 aliphatic rings. The lowest BCUT2D eigenvalue weighted by atomic mass is 9.66. The summed E-state index contributed by atoms with van der Waals surface area (Å²) in [6.07, 6.45) is 8.28. The van der Waals surface area contributed by atoms with E-state index >= 15 is 0 Å². The van der Waals surface area contributed by atoms with Crippen LogP contribution < -0.4 is 14.7 Å². The second kappa shape index (κ2) is 16.7. The van der Waals surface area contributed by atoms with Gasteiger partial charge in [0.25, 0.3) is 0 Å². The summed E-state index contributed by atoms with van der Waals surface area (Å²) in [5.41, 5.74) is 29.0. The van der Waals surface area contributed by atoms with E-state index in [9.17, 15) is 0 Å². The number of nitrogens with zero attached hydrogens (tertiary/aromatic N) is 3. The molecule has 0 atom stereocenters. The summed E-state index contributed by atoms with van der Waals surface area (Å²) in [5.74, 6) is 0. The van der Waals surface area contributed by atoms with Crippen LogP contribution in [0, 0.1) is 0 Å². The van der Waals surface area contributed by atoms with Crippen molar-refractivity contribution < 1.29 is 0 Å². The van der Waals surface area contributed by atoms with Gasteiger partial charge in [0.05, 0.1) is 17.1 Å². The van der Waals surface area contributed by atoms with Crippen LogP contribution in [-0.2, 0) is 21.7 Å². The highest BCUT2D eigenvalue weighted by Gasteiger charge is 2.46. The topological polar surface area (TPSA) is 9.72 Å². The van der Waals surface area contributed by atoms with Crippen LogP contribution in [0.1, 0.15) is 119 Å². The lowest BCUT2D eigenvalue weighted by Gasteiger charge is -2.50. The van der Waals surface area contributed by atoms with Gasteiger partial charge in [0.1, 0.15) is 0 Å². The Balaban J connectivity index is 0.898. The molecular formula is C73H65N3. The summed E-state index contributed by atoms with van der Waals surface area (Å²) >= 11 is 0. The highest BCUT2D eigenvalue weighted by atomic mass is 15.2. The zero-order valence-corrected chi connectivity index (χ0v) is 45.2. The fraction of sp³-hybridized carbons (Fsp3) is 0.205. The molecule has 3 aliphatic carbocycles. The molecule has 9 aromatic carbocycles. The number of hydrogen-bond donors (Lipinski definition) is 0. The number of fused-ring (bicyclic) bond motifs is 9. The predicted molar refractivity (Wildman–Crippen MR) is 321 cm³/mol. The monoisotopic (exact) mass is 984 g/mol. The Bertz CT molecular complexity index is 3860. The van der Waals surface area contributed by atoms with Crippen molar-refractivity contribution >= 4 is 56.8 Å². The Morgan fingerprint density at radius 2 is 0.842 bits per heavy atom. The van der Waals surface area contributed by atoms with Crippen molar-refractivity contribution in [3.63, 3.8) is 0 Å². The largest absolute Gasteiger partial charge is 0.310 e. The smallest absolute Gasteiger partial charge is 0.0545 e. The summed E-state index contributed by atoms with van der Waals surface area (Å²) in [6, 6.07) is 75.8. The summed E-state index contributed by atoms with van der Waals surface area (Å²) in [4.78, 5) is 7.51. The minimum atomic E-state index is -0.342. The SMILES string of the molecule is CC1(C)C2=C(CCCC=C2)c2ccc(N(c3ccc(-c4ccc5c(c4)C(C)(C)c4cc(N(c6ccccc6)c6ccccc6)cc6c4N5c4ccccc4C6(C)C)cc3)c3ccc4c(c3)C(C)(C)c3ccccc3-4)cc21. The molecule has 0 bridgehead atoms. The fourth-order valence-corrected chi connectivity index (χ4v) is 14.2. The van der Waals surface area contributed by atoms with Crippen molar-refractivity contribution in [3.05, 3.63) is 262 Å². The van der Waals surface area contributed by atoms with Gasteiger partial charge in [-0.1, -0.05) is 177 Å². The van der Waals surface area contributed by atoms with Crippen LogP contribution >= 0.6 is 0 Å². The highest BCUT2D eigenvalue weighted by Crippen LogP contribution is 2.62. The van der Waals surface area contributed by atoms with Crippen molar-refractivity contribution in [1.82, 2.24) is 0 Å². The van der Waals surface area contributed by atoms with Crippen LogP contribution in [0.2, 0.25) is 0 Å². The van der Waals surface area contributed by atoms with E-state index in [-0.39, 0.29) is 21.7 Å². The maximum atomic E-state index is 2.58. The molecule has 372 valence electrons. The minimum Gasteiger partial charge on any atom is -0.310 e. The maximum Gasteiger partial charge on any atom is 0.0545 e. The Morgan fingerprint density at radius 3 is 1.53 bits per heavy atom. The Morgan fingerprint density at radius 1 is 0.355 bits per heavy atom. The van der Waals surface area contributed by atoms with E-state index in [0.29, 0.717) is 0 Å². The van der Waals surface area contributed by atoms with Gasteiger partial charge in [-0.3, -0.25) is 0 Å². The molecule has 0 radical (unpaired) electrons. The lowest BCUT2D eigenvalue weighted by molar-refractivity contribution is 0.597. The highest BCUT2D eigenvalue weighted by molar-refractivity contribution is 5.96. The maximum absolute atomic E-state index is 2.58. The van der Waals surface area contributed by atoms with Gasteiger partial charge in [0.2, 0.25) is 0 Å². The van der Waals surface area contributed by atoms with E-state index in [0.717, 1.165) is 35.6 Å². The summed E-state index contributed by atoms with van der Waals surface area (Å²) in [6.45, 7) is 19.3. The number of rotatable bonds is 7. The van der Waals surface area contributed by atoms with E-state index in [1.165, 1.54) is 113 Å². The van der Waals surface area contributed by atoms with E-state index in [1.807, 2.05) is 0 Å². The molecule has 3 nitrogen and oxygen atoms in total. The van der Waals surface area contributed by atoms with E-state index in [1.54, 1.807) is 0 Å². The molecule has 2 aliphatic heterocycles. The molecule has 9 aromatic rings. The molecule has 0 N–H and O–H groups in total. The molecular weight excluding hydrogens is 919 g/mol. The Labute approximate surface area is 450 Å². The summed E-state index contributed by atoms with van der Waals surface area (Å²) in [5, 5.41) is 0. The Kier molecular flexibility index (Phi) is 10.2. The summed E-state index contributed by atoms with van der Waals surface area (Å²) < 4.78 is 0. The van der Waals surface area contributed by atoms with Crippen LogP contribution in [0.4, 0.5) is 51.2 Å². The van der Waals surface area contributed by atoms with Gasteiger partial charge in [0.15, 0.2) is 0 Å². The molecule has 2 heterocycles. The van der Waals surface area contributed by atoms with Crippen LogP contribution in [0.5, 0.6) is 0 Å². The molecule has 76 heavy (non-hydrogen) atoms. The molecule has 0 spiro atoms. The molecule has 0 unspecified atom stereocenters. The molecule has 14 rings (SSSR count). The van der Waals surface area contributed by atoms with Gasteiger partial charge in [0, 0.05) is 55.8 Å². The minimum absolute atomic E-state index is 0.0852. The Hall–Kier alpha value is -8.14. The summed E-state index contributed by atoms with van der Waals surface area (Å²) in [7, 11) is 0. The van der Waals surface area contributed by atoms with Crippen LogP contribution in [0.15, 0.2) is 218 Å². The standard InChI is InChI=1S/C73H65N3/c1-70(2)59-28-17-11-16-26-55(59)57-39-37-52(43-62(57)70)75(53-38-40-58-56-27-18-19-29-60(56)71(3,4)63(58)44-53)51-35-32-47(33-36-51)48-34-41-68-64(42-48)73(7,8)66-46-54(74(49-22-12-9-13-23-49)50-24-14-10-15-25-50)45-65-69(66)76(68)67-31-21-20-30-61(67)72(65,5)6/h9-10,12-15,17-25,27-46H,11,16,26H2,1-8H3. The van der Waals surface area contributed by atoms with E-state index < -0.39 is 0 Å². The predicted octanol–water partition coefficient (Wildman–Crippen LogP) is 20.1. The average Bonchev–Trinajstić information content (AvgIpc) is 3.63. The van der Waals surface area contributed by atoms with Gasteiger partial charge in [-0.25, -0.2) is 0 Å². The van der Waals surface area contributed by atoms with Gasteiger partial charge in [-0.15, -0.1) is 0 Å². The zero-order valence-electron chi connectivity index (χ0n) is 45.2. The van der Waals surface area contributed by atoms with Crippen LogP contribution in [0.3, 0.4) is 0 Å². The fourth-order valence-electron chi connectivity index (χ4n) is 14.2. The second-order valence-corrected chi connectivity index (χ2v) is 24.1. The third-order valence-electron chi connectivity index (χ3n) is 18.3. The van der Waals surface area contributed by atoms with Crippen molar-refractivity contribution in [2.24, 2.45) is 0 Å². The average molecular weight is 984 g/mol. The lowest BCUT2D eigenvalue weighted by Crippen LogP contribution is -2.38. The normalized spacial score (nSPS) is 17.1. The first kappa shape index (κ1) is 46.4. The number of anilines is 9. The van der Waals surface area contributed by atoms with Gasteiger partial charge in [-0.2, -0.15) is 0 Å². The van der Waals surface area contributed by atoms with Gasteiger partial charge in [-0.05, 0) is 188 Å². The molecule has 3 heteroatoms. The van der Waals surface area contributed by atoms with Gasteiger partial charge < -0.3 is 14.7 Å². The molecule has 0 saturated carbocycles. The first-order valence-corrected chi connectivity index (χ1v) is 27.6. The zero-order chi connectivity index (χ0) is 51.9. The number of hydrogen-bond acceptors (Lipinski definition) is 3. The molecule has 0 saturated heterocycles. The molecule has 0 aromatic heterocycles. The van der Waals surface area contributed by atoms with Crippen molar-refractivity contribution in [3.8, 4) is 22.3 Å². The van der Waals surface area contributed by atoms with E-state index in [2.05, 4.69) is 282 Å². The van der Waals surface area contributed by atoms with Crippen LogP contribution in [-0.4, -0.2) is 0 Å². The number of allylic oxidation sites excluding steroid dienone is 4. The third kappa shape index (κ3) is 6.73. The number of para-hydroxylation sites is 3. The first-order chi connectivity index (χ1) is 36.7. The number of benzene rings is 9. The molecule has 0 fully saturated rings. The second-order valence-electron chi connectivity index (χ2n) is 24.1.